The maximum absolute atomic E-state index is 9.22. The standard InChI is InChI=1S/C60H42N4O.Pt/c1-60(2,3)42-34-35-61-56(36-42)64-54-31-15-14-26-50(54)51-33-32-45(38-55(51)64)65-44-23-16-22-43(37-44)62-39-63(59-53-28-13-11-25-49(53)48-24-10-12-27-52(48)58(59)62)57-46(40-18-6-4-7-19-40)29-17-30-47(57)41-20-8-5-9-21-41;/h4-36H,1-3H3;/q-2;/i4D,5D,6D,7D,8D,9D,18D,19D,20D,21D;. The van der Waals surface area contributed by atoms with Crippen LogP contribution in [-0.2, 0) is 26.5 Å². The third-order valence-electron chi connectivity index (χ3n) is 11.9. The van der Waals surface area contributed by atoms with Crippen molar-refractivity contribution in [3.05, 3.63) is 224 Å². The van der Waals surface area contributed by atoms with E-state index in [9.17, 15) is 5.48 Å². The van der Waals surface area contributed by atoms with E-state index in [2.05, 4.69) is 62.0 Å². The Hall–Kier alpha value is -7.59. The fourth-order valence-electron chi connectivity index (χ4n) is 8.97. The average molecular weight is 1040 g/mol. The smallest absolute Gasteiger partial charge is 0.268 e. The first-order chi connectivity index (χ1) is 36.0. The van der Waals surface area contributed by atoms with Gasteiger partial charge >= 0.3 is 0 Å². The van der Waals surface area contributed by atoms with Crippen LogP contribution in [-0.4, -0.2) is 14.1 Å². The molecule has 0 aliphatic heterocycles. The van der Waals surface area contributed by atoms with Gasteiger partial charge in [-0.3, -0.25) is 4.57 Å². The number of pyridine rings is 1. The maximum atomic E-state index is 9.22. The predicted molar refractivity (Wildman–Crippen MR) is 265 cm³/mol. The van der Waals surface area contributed by atoms with Gasteiger partial charge in [-0.25, -0.2) is 4.98 Å². The van der Waals surface area contributed by atoms with E-state index < -0.39 is 60.4 Å². The monoisotopic (exact) mass is 1040 g/mol. The van der Waals surface area contributed by atoms with Gasteiger partial charge in [-0.05, 0) is 84.0 Å². The van der Waals surface area contributed by atoms with Gasteiger partial charge in [0.05, 0.1) is 30.4 Å². The van der Waals surface area contributed by atoms with Crippen molar-refractivity contribution >= 4 is 54.4 Å². The van der Waals surface area contributed by atoms with Crippen molar-refractivity contribution in [2.75, 3.05) is 0 Å². The molecular weight excluding hydrogens is 988 g/mol. The maximum Gasteiger partial charge on any atom is 0.268 e. The number of benzene rings is 9. The zero-order chi connectivity index (χ0) is 52.4. The summed E-state index contributed by atoms with van der Waals surface area (Å²) in [6.07, 6.45) is 5.41. The van der Waals surface area contributed by atoms with E-state index in [1.165, 1.54) is 0 Å². The molecule has 0 aliphatic carbocycles. The van der Waals surface area contributed by atoms with E-state index in [4.69, 9.17) is 17.9 Å². The number of rotatable bonds is 7. The van der Waals surface area contributed by atoms with Gasteiger partial charge in [0.2, 0.25) is 0 Å². The van der Waals surface area contributed by atoms with Crippen molar-refractivity contribution in [2.24, 2.45) is 0 Å². The summed E-state index contributed by atoms with van der Waals surface area (Å²) in [6.45, 7) is 6.51. The van der Waals surface area contributed by atoms with Crippen molar-refractivity contribution in [2.45, 2.75) is 26.2 Å². The number of aromatic nitrogens is 4. The van der Waals surface area contributed by atoms with Gasteiger partial charge < -0.3 is 13.9 Å². The Morgan fingerprint density at radius 3 is 1.89 bits per heavy atom. The summed E-state index contributed by atoms with van der Waals surface area (Å²) >= 11 is 0. The summed E-state index contributed by atoms with van der Waals surface area (Å²) in [5.74, 6) is 1.53. The van der Waals surface area contributed by atoms with Crippen molar-refractivity contribution in [3.8, 4) is 50.9 Å². The summed E-state index contributed by atoms with van der Waals surface area (Å²) in [5, 5.41) is 5.35. The SMILES string of the molecule is [2H]c1c([2H])c([2H])c(-c2cccc(-c3c([2H])c([2H])c([2H])c([2H])c3[2H])c2-[n+]2[c-]n(-c3[c-]c(Oc4[c-]c5c(cc4)c4ccccc4n5-c4cc(C(C)(C)C)ccn4)ccc3)c3c4ccccc4c4ccccc4c32)c([2H])c1[2H].[Pt]. The molecule has 12 aromatic rings. The van der Waals surface area contributed by atoms with Crippen LogP contribution in [0, 0.1) is 18.5 Å². The number of fused-ring (bicyclic) bond motifs is 9. The third kappa shape index (κ3) is 6.90. The van der Waals surface area contributed by atoms with Crippen molar-refractivity contribution in [3.63, 3.8) is 0 Å². The van der Waals surface area contributed by atoms with E-state index in [1.54, 1.807) is 28.8 Å². The van der Waals surface area contributed by atoms with Crippen LogP contribution in [0.5, 0.6) is 11.5 Å². The van der Waals surface area contributed by atoms with Crippen molar-refractivity contribution < 1.29 is 44.1 Å². The Morgan fingerprint density at radius 1 is 0.591 bits per heavy atom. The molecule has 0 unspecified atom stereocenters. The minimum Gasteiger partial charge on any atom is -0.510 e. The van der Waals surface area contributed by atoms with Gasteiger partial charge in [-0.1, -0.05) is 172 Å². The number of imidazole rings is 1. The summed E-state index contributed by atoms with van der Waals surface area (Å²) in [6, 6.07) is 43.9. The molecule has 5 nitrogen and oxygen atoms in total. The molecule has 0 saturated heterocycles. The fraction of sp³-hybridized carbons (Fsp3) is 0.0667. The molecule has 9 aromatic carbocycles. The van der Waals surface area contributed by atoms with Crippen LogP contribution < -0.4 is 9.30 Å². The van der Waals surface area contributed by atoms with Gasteiger partial charge in [0.1, 0.15) is 5.82 Å². The molecule has 12 rings (SSSR count). The van der Waals surface area contributed by atoms with E-state index in [-0.39, 0.29) is 54.4 Å². The van der Waals surface area contributed by atoms with Crippen LogP contribution in [0.2, 0.25) is 0 Å². The largest absolute Gasteiger partial charge is 0.510 e. The minimum absolute atomic E-state index is 0. The molecule has 0 saturated carbocycles. The van der Waals surface area contributed by atoms with Gasteiger partial charge in [0.15, 0.2) is 0 Å². The Balaban J connectivity index is 0.00000616. The average Bonchev–Trinajstić information content (AvgIpc) is 4.09. The van der Waals surface area contributed by atoms with Crippen LogP contribution in [0.1, 0.15) is 40.0 Å². The second kappa shape index (κ2) is 16.4. The molecule has 0 atom stereocenters. The van der Waals surface area contributed by atoms with Crippen LogP contribution in [0.25, 0.3) is 93.8 Å². The zero-order valence-electron chi connectivity index (χ0n) is 45.8. The van der Waals surface area contributed by atoms with Gasteiger partial charge in [-0.2, -0.15) is 18.2 Å². The minimum atomic E-state index is -0.578. The topological polar surface area (TPSA) is 35.9 Å². The van der Waals surface area contributed by atoms with Crippen LogP contribution in [0.4, 0.5) is 0 Å². The van der Waals surface area contributed by atoms with E-state index in [0.717, 1.165) is 54.7 Å². The number of hydrogen-bond acceptors (Lipinski definition) is 2. The molecule has 6 heteroatoms. The molecular formula is C60H42N4OPt-2. The molecule has 320 valence electrons. The molecule has 0 aliphatic rings. The third-order valence-corrected chi connectivity index (χ3v) is 11.9. The van der Waals surface area contributed by atoms with E-state index >= 15 is 0 Å². The number of hydrogen-bond donors (Lipinski definition) is 0. The Kier molecular flexibility index (Phi) is 7.80. The molecule has 0 amide bonds. The fourth-order valence-corrected chi connectivity index (χ4v) is 8.97. The van der Waals surface area contributed by atoms with Crippen LogP contribution in [0.3, 0.4) is 0 Å². The van der Waals surface area contributed by atoms with Gasteiger partial charge in [-0.15, -0.1) is 29.7 Å². The molecule has 3 heterocycles. The quantitative estimate of drug-likeness (QED) is 0.0906. The summed E-state index contributed by atoms with van der Waals surface area (Å²) in [7, 11) is 0. The van der Waals surface area contributed by atoms with Gasteiger partial charge in [0.25, 0.3) is 6.33 Å². The Morgan fingerprint density at radius 2 is 1.20 bits per heavy atom. The van der Waals surface area contributed by atoms with Crippen LogP contribution in [0.15, 0.2) is 200 Å². The van der Waals surface area contributed by atoms with E-state index in [0.29, 0.717) is 28.2 Å². The number of para-hydroxylation sites is 2. The summed E-state index contributed by atoms with van der Waals surface area (Å²) in [5.41, 5.74) is 4.60. The van der Waals surface area contributed by atoms with Crippen molar-refractivity contribution in [1.29, 1.82) is 0 Å². The molecule has 0 radical (unpaired) electrons. The molecule has 0 bridgehead atoms. The van der Waals surface area contributed by atoms with Gasteiger partial charge in [0, 0.05) is 44.3 Å². The summed E-state index contributed by atoms with van der Waals surface area (Å²) in [4.78, 5) is 4.83. The first kappa shape index (κ1) is 31.3. The predicted octanol–water partition coefficient (Wildman–Crippen LogP) is 14.5. The van der Waals surface area contributed by atoms with Crippen LogP contribution >= 0.6 is 0 Å². The van der Waals surface area contributed by atoms with E-state index in [1.807, 2.05) is 102 Å². The zero-order valence-corrected chi connectivity index (χ0v) is 38.1. The first-order valence-electron chi connectivity index (χ1n) is 26.2. The molecule has 0 spiro atoms. The molecule has 3 aromatic heterocycles. The molecule has 0 N–H and O–H groups in total. The Bertz CT molecular complexity index is 4270. The number of nitrogens with zero attached hydrogens (tertiary/aromatic N) is 4. The second-order valence-corrected chi connectivity index (χ2v) is 16.9. The summed E-state index contributed by atoms with van der Waals surface area (Å²) < 4.78 is 101. The Labute approximate surface area is 412 Å². The first-order valence-corrected chi connectivity index (χ1v) is 21.2. The van der Waals surface area contributed by atoms with Crippen molar-refractivity contribution in [1.82, 2.24) is 14.1 Å². The second-order valence-electron chi connectivity index (χ2n) is 16.9. The molecule has 66 heavy (non-hydrogen) atoms. The normalized spacial score (nSPS) is 13.9. The molecule has 0 fully saturated rings. The number of ether oxygens (including phenoxy) is 1.